The van der Waals surface area contributed by atoms with Crippen LogP contribution in [0, 0.1) is 6.92 Å². The van der Waals surface area contributed by atoms with E-state index in [4.69, 9.17) is 4.74 Å². The molecule has 0 bridgehead atoms. The highest BCUT2D eigenvalue weighted by atomic mass is 16.5. The van der Waals surface area contributed by atoms with Crippen molar-refractivity contribution >= 4 is 17.2 Å². The number of carbonyl (C=O) groups is 1. The van der Waals surface area contributed by atoms with E-state index in [-0.39, 0.29) is 12.5 Å². The van der Waals surface area contributed by atoms with Gasteiger partial charge in [0.25, 0.3) is 0 Å². The minimum atomic E-state index is -0.169. The van der Waals surface area contributed by atoms with Gasteiger partial charge in [-0.15, -0.1) is 0 Å². The molecule has 3 rings (SSSR count). The maximum Gasteiger partial charge on any atom is 0.250 e. The molecule has 0 atom stereocenters. The number of nitrogens with one attached hydrogen (secondary N) is 1. The fraction of sp³-hybridized carbons (Fsp3) is 0.176. The predicted molar refractivity (Wildman–Crippen MR) is 85.9 cm³/mol. The molecular weight excluding hydrogens is 278 g/mol. The van der Waals surface area contributed by atoms with E-state index in [1.807, 2.05) is 60.1 Å². The smallest absolute Gasteiger partial charge is 0.250 e. The number of benzene rings is 1. The van der Waals surface area contributed by atoms with Crippen LogP contribution in [-0.2, 0) is 9.53 Å². The van der Waals surface area contributed by atoms with Crippen molar-refractivity contribution < 1.29 is 9.53 Å². The van der Waals surface area contributed by atoms with Gasteiger partial charge in [-0.1, -0.05) is 18.2 Å². The lowest BCUT2D eigenvalue weighted by atomic mass is 10.1. The van der Waals surface area contributed by atoms with Crippen LogP contribution >= 0.6 is 0 Å². The second-order valence-corrected chi connectivity index (χ2v) is 5.10. The lowest BCUT2D eigenvalue weighted by Crippen LogP contribution is -2.17. The van der Waals surface area contributed by atoms with E-state index in [0.29, 0.717) is 0 Å². The number of fused-ring (bicyclic) bond motifs is 1. The molecule has 5 heteroatoms. The fourth-order valence-corrected chi connectivity index (χ4v) is 2.31. The summed E-state index contributed by atoms with van der Waals surface area (Å²) in [5.41, 5.74) is 4.49. The molecule has 0 radical (unpaired) electrons. The Balaban J connectivity index is 1.95. The van der Waals surface area contributed by atoms with Crippen molar-refractivity contribution in [3.05, 3.63) is 54.4 Å². The van der Waals surface area contributed by atoms with E-state index in [2.05, 4.69) is 10.3 Å². The van der Waals surface area contributed by atoms with Crippen LogP contribution in [0.3, 0.4) is 0 Å². The van der Waals surface area contributed by atoms with E-state index in [9.17, 15) is 4.79 Å². The number of nitrogens with zero attached hydrogens (tertiary/aromatic N) is 2. The van der Waals surface area contributed by atoms with Gasteiger partial charge < -0.3 is 14.5 Å². The Morgan fingerprint density at radius 2 is 2.18 bits per heavy atom. The first-order chi connectivity index (χ1) is 10.7. The Morgan fingerprint density at radius 3 is 2.95 bits per heavy atom. The first-order valence-electron chi connectivity index (χ1n) is 7.01. The van der Waals surface area contributed by atoms with E-state index in [0.717, 1.165) is 28.2 Å². The van der Waals surface area contributed by atoms with Crippen molar-refractivity contribution in [2.75, 3.05) is 19.0 Å². The molecule has 112 valence electrons. The maximum atomic E-state index is 11.7. The quantitative estimate of drug-likeness (QED) is 0.805. The second kappa shape index (κ2) is 5.99. The van der Waals surface area contributed by atoms with Crippen LogP contribution in [0.25, 0.3) is 16.9 Å². The summed E-state index contributed by atoms with van der Waals surface area (Å²) in [6, 6.07) is 11.8. The molecule has 22 heavy (non-hydrogen) atoms. The highest BCUT2D eigenvalue weighted by molar-refractivity contribution is 5.93. The number of pyridine rings is 1. The van der Waals surface area contributed by atoms with E-state index in [1.165, 1.54) is 7.11 Å². The number of aryl methyl sites for hydroxylation is 1. The number of carbonyl (C=O) groups excluding carboxylic acids is 1. The molecule has 0 saturated carbocycles. The first-order valence-corrected chi connectivity index (χ1v) is 7.01. The van der Waals surface area contributed by atoms with Gasteiger partial charge in [-0.25, -0.2) is 4.98 Å². The standard InChI is InChI=1S/C17H17N3O2/c1-12-6-7-13(9-14(12)19-17(21)11-22-2)15-10-20-8-4-3-5-16(20)18-15/h3-10H,11H2,1-2H3,(H,19,21). The highest BCUT2D eigenvalue weighted by Crippen LogP contribution is 2.25. The van der Waals surface area contributed by atoms with Crippen LogP contribution in [0.5, 0.6) is 0 Å². The highest BCUT2D eigenvalue weighted by Gasteiger charge is 2.09. The summed E-state index contributed by atoms with van der Waals surface area (Å²) in [6.45, 7) is 1.99. The van der Waals surface area contributed by atoms with Crippen molar-refractivity contribution in [3.63, 3.8) is 0 Å². The normalized spacial score (nSPS) is 10.8. The van der Waals surface area contributed by atoms with Gasteiger partial charge in [0.1, 0.15) is 12.3 Å². The zero-order valence-electron chi connectivity index (χ0n) is 12.5. The monoisotopic (exact) mass is 295 g/mol. The fourth-order valence-electron chi connectivity index (χ4n) is 2.31. The van der Waals surface area contributed by atoms with Gasteiger partial charge in [0.15, 0.2) is 0 Å². The summed E-state index contributed by atoms with van der Waals surface area (Å²) in [6.07, 6.45) is 3.93. The molecule has 0 aliphatic heterocycles. The first kappa shape index (κ1) is 14.3. The van der Waals surface area contributed by atoms with Crippen LogP contribution in [0.1, 0.15) is 5.56 Å². The van der Waals surface area contributed by atoms with Crippen LogP contribution in [0.4, 0.5) is 5.69 Å². The molecule has 0 aliphatic rings. The van der Waals surface area contributed by atoms with Gasteiger partial charge in [0.2, 0.25) is 5.91 Å². The van der Waals surface area contributed by atoms with Crippen molar-refractivity contribution in [2.24, 2.45) is 0 Å². The van der Waals surface area contributed by atoms with Crippen LogP contribution in [-0.4, -0.2) is 29.0 Å². The second-order valence-electron chi connectivity index (χ2n) is 5.10. The van der Waals surface area contributed by atoms with Crippen molar-refractivity contribution in [3.8, 4) is 11.3 Å². The summed E-state index contributed by atoms with van der Waals surface area (Å²) in [5, 5.41) is 2.86. The number of hydrogen-bond acceptors (Lipinski definition) is 3. The van der Waals surface area contributed by atoms with Gasteiger partial charge in [-0.2, -0.15) is 0 Å². The van der Waals surface area contributed by atoms with Crippen LogP contribution < -0.4 is 5.32 Å². The van der Waals surface area contributed by atoms with Gasteiger partial charge in [-0.3, -0.25) is 4.79 Å². The largest absolute Gasteiger partial charge is 0.375 e. The average molecular weight is 295 g/mol. The van der Waals surface area contributed by atoms with Gasteiger partial charge >= 0.3 is 0 Å². The Labute approximate surface area is 128 Å². The molecule has 0 spiro atoms. The summed E-state index contributed by atoms with van der Waals surface area (Å²) >= 11 is 0. The molecule has 0 unspecified atom stereocenters. The zero-order valence-corrected chi connectivity index (χ0v) is 12.5. The SMILES string of the molecule is COCC(=O)Nc1cc(-c2cn3ccccc3n2)ccc1C. The molecule has 1 aromatic carbocycles. The summed E-state index contributed by atoms with van der Waals surface area (Å²) < 4.78 is 6.81. The van der Waals surface area contributed by atoms with Crippen LogP contribution in [0.15, 0.2) is 48.8 Å². The third-order valence-corrected chi connectivity index (χ3v) is 3.45. The van der Waals surface area contributed by atoms with Crippen molar-refractivity contribution in [1.29, 1.82) is 0 Å². The summed E-state index contributed by atoms with van der Waals surface area (Å²) in [7, 11) is 1.50. The predicted octanol–water partition coefficient (Wildman–Crippen LogP) is 2.89. The Bertz CT molecular complexity index is 791. The lowest BCUT2D eigenvalue weighted by Gasteiger charge is -2.09. The number of methoxy groups -OCH3 is 1. The van der Waals surface area contributed by atoms with E-state index >= 15 is 0 Å². The summed E-state index contributed by atoms with van der Waals surface area (Å²) in [4.78, 5) is 16.3. The summed E-state index contributed by atoms with van der Waals surface area (Å²) in [5.74, 6) is -0.169. The number of imidazole rings is 1. The van der Waals surface area contributed by atoms with Gasteiger partial charge in [0, 0.05) is 30.8 Å². The molecular formula is C17H17N3O2. The van der Waals surface area contributed by atoms with Crippen LogP contribution in [0.2, 0.25) is 0 Å². The molecule has 5 nitrogen and oxygen atoms in total. The average Bonchev–Trinajstić information content (AvgIpc) is 2.93. The van der Waals surface area contributed by atoms with E-state index < -0.39 is 0 Å². The van der Waals surface area contributed by atoms with E-state index in [1.54, 1.807) is 0 Å². The molecule has 0 saturated heterocycles. The lowest BCUT2D eigenvalue weighted by molar-refractivity contribution is -0.119. The zero-order chi connectivity index (χ0) is 15.5. The molecule has 3 aromatic rings. The number of ether oxygens (including phenoxy) is 1. The number of hydrogen-bond donors (Lipinski definition) is 1. The number of anilines is 1. The maximum absolute atomic E-state index is 11.7. The topological polar surface area (TPSA) is 55.6 Å². The van der Waals surface area contributed by atoms with Gasteiger partial charge in [0.05, 0.1) is 5.69 Å². The molecule has 0 aliphatic carbocycles. The number of rotatable bonds is 4. The third-order valence-electron chi connectivity index (χ3n) is 3.45. The Hall–Kier alpha value is -2.66. The molecule has 1 amide bonds. The number of aromatic nitrogens is 2. The Morgan fingerprint density at radius 1 is 1.32 bits per heavy atom. The Kier molecular flexibility index (Phi) is 3.89. The minimum Gasteiger partial charge on any atom is -0.375 e. The third kappa shape index (κ3) is 2.84. The van der Waals surface area contributed by atoms with Crippen molar-refractivity contribution in [1.82, 2.24) is 9.38 Å². The number of amides is 1. The van der Waals surface area contributed by atoms with Gasteiger partial charge in [-0.05, 0) is 30.7 Å². The molecule has 2 aromatic heterocycles. The van der Waals surface area contributed by atoms with Crippen molar-refractivity contribution in [2.45, 2.75) is 6.92 Å². The molecule has 1 N–H and O–H groups in total. The minimum absolute atomic E-state index is 0.0397. The molecule has 0 fully saturated rings. The molecule has 2 heterocycles.